The van der Waals surface area contributed by atoms with Crippen molar-refractivity contribution in [1.29, 1.82) is 0 Å². The van der Waals surface area contributed by atoms with Crippen molar-refractivity contribution < 1.29 is 0 Å². The van der Waals surface area contributed by atoms with Crippen LogP contribution in [-0.4, -0.2) is 4.98 Å². The summed E-state index contributed by atoms with van der Waals surface area (Å²) in [4.78, 5) is 3.58. The minimum atomic E-state index is 1.09. The second-order valence-corrected chi connectivity index (χ2v) is 6.47. The third-order valence-corrected chi connectivity index (χ3v) is 4.80. The predicted molar refractivity (Wildman–Crippen MR) is 111 cm³/mol. The van der Waals surface area contributed by atoms with Crippen LogP contribution in [0.4, 0.5) is 11.4 Å². The van der Waals surface area contributed by atoms with E-state index in [1.54, 1.807) is 0 Å². The van der Waals surface area contributed by atoms with Crippen LogP contribution in [0.15, 0.2) is 97.1 Å². The number of anilines is 2. The van der Waals surface area contributed by atoms with Gasteiger partial charge in [0.15, 0.2) is 0 Å². The molecule has 0 fully saturated rings. The molecule has 2 heteroatoms. The Kier molecular flexibility index (Phi) is 3.46. The van der Waals surface area contributed by atoms with E-state index < -0.39 is 0 Å². The number of H-pyrrole nitrogens is 1. The van der Waals surface area contributed by atoms with Crippen molar-refractivity contribution in [2.45, 2.75) is 0 Å². The summed E-state index contributed by atoms with van der Waals surface area (Å²) in [6.07, 6.45) is 0. The van der Waals surface area contributed by atoms with Gasteiger partial charge < -0.3 is 10.3 Å². The van der Waals surface area contributed by atoms with Gasteiger partial charge in [0.2, 0.25) is 0 Å². The van der Waals surface area contributed by atoms with Crippen LogP contribution < -0.4 is 5.32 Å². The number of para-hydroxylation sites is 3. The highest BCUT2D eigenvalue weighted by molar-refractivity contribution is 6.11. The van der Waals surface area contributed by atoms with E-state index in [9.17, 15) is 0 Å². The summed E-state index contributed by atoms with van der Waals surface area (Å²) in [5.41, 5.74) is 6.99. The van der Waals surface area contributed by atoms with E-state index >= 15 is 0 Å². The van der Waals surface area contributed by atoms with Gasteiger partial charge >= 0.3 is 0 Å². The van der Waals surface area contributed by atoms with Crippen LogP contribution >= 0.6 is 0 Å². The molecule has 0 saturated carbocycles. The quantitative estimate of drug-likeness (QED) is 0.376. The Bertz CT molecular complexity index is 1190. The van der Waals surface area contributed by atoms with Crippen molar-refractivity contribution in [2.75, 3.05) is 5.32 Å². The minimum Gasteiger partial charge on any atom is -0.356 e. The summed E-state index contributed by atoms with van der Waals surface area (Å²) >= 11 is 0. The fourth-order valence-electron chi connectivity index (χ4n) is 3.53. The molecule has 0 aliphatic heterocycles. The van der Waals surface area contributed by atoms with Crippen LogP contribution in [0.25, 0.3) is 32.9 Å². The molecule has 1 heterocycles. The number of hydrogen-bond donors (Lipinski definition) is 2. The normalized spacial score (nSPS) is 11.1. The van der Waals surface area contributed by atoms with E-state index in [1.165, 1.54) is 32.9 Å². The Morgan fingerprint density at radius 2 is 1.23 bits per heavy atom. The number of nitrogens with one attached hydrogen (secondary N) is 2. The number of aromatic nitrogens is 1. The fourth-order valence-corrected chi connectivity index (χ4v) is 3.53. The highest BCUT2D eigenvalue weighted by Crippen LogP contribution is 2.33. The summed E-state index contributed by atoms with van der Waals surface area (Å²) < 4.78 is 0. The molecule has 0 bridgehead atoms. The van der Waals surface area contributed by atoms with Gasteiger partial charge in [-0.1, -0.05) is 66.7 Å². The van der Waals surface area contributed by atoms with Crippen molar-refractivity contribution in [3.63, 3.8) is 0 Å². The molecule has 0 aliphatic carbocycles. The lowest BCUT2D eigenvalue weighted by Gasteiger charge is -2.08. The Morgan fingerprint density at radius 1 is 0.538 bits per heavy atom. The molecule has 124 valence electrons. The van der Waals surface area contributed by atoms with Crippen LogP contribution in [0.1, 0.15) is 0 Å². The zero-order valence-corrected chi connectivity index (χ0v) is 14.2. The van der Waals surface area contributed by atoms with Crippen molar-refractivity contribution in [1.82, 2.24) is 4.98 Å². The van der Waals surface area contributed by atoms with Gasteiger partial charge in [0, 0.05) is 33.2 Å². The average Bonchev–Trinajstić information content (AvgIpc) is 3.08. The van der Waals surface area contributed by atoms with Crippen LogP contribution in [0.3, 0.4) is 0 Å². The monoisotopic (exact) mass is 334 g/mol. The smallest absolute Gasteiger partial charge is 0.0544 e. The predicted octanol–water partition coefficient (Wildman–Crippen LogP) is 6.73. The average molecular weight is 334 g/mol. The topological polar surface area (TPSA) is 27.8 Å². The van der Waals surface area contributed by atoms with Gasteiger partial charge in [0.25, 0.3) is 0 Å². The lowest BCUT2D eigenvalue weighted by molar-refractivity contribution is 1.52. The zero-order chi connectivity index (χ0) is 17.3. The number of hydrogen-bond acceptors (Lipinski definition) is 1. The molecule has 0 atom stereocenters. The Labute approximate surface area is 152 Å². The Morgan fingerprint density at radius 3 is 2.08 bits per heavy atom. The maximum Gasteiger partial charge on any atom is 0.0544 e. The molecule has 1 aromatic heterocycles. The third-order valence-electron chi connectivity index (χ3n) is 4.80. The number of aromatic amines is 1. The van der Waals surface area contributed by atoms with E-state index in [4.69, 9.17) is 0 Å². The second kappa shape index (κ2) is 6.08. The lowest BCUT2D eigenvalue weighted by Crippen LogP contribution is -1.89. The van der Waals surface area contributed by atoms with Gasteiger partial charge in [0.05, 0.1) is 5.52 Å². The molecule has 0 saturated heterocycles. The van der Waals surface area contributed by atoms with Crippen LogP contribution in [0.5, 0.6) is 0 Å². The molecule has 0 spiro atoms. The molecule has 2 N–H and O–H groups in total. The lowest BCUT2D eigenvalue weighted by atomic mass is 10.0. The number of fused-ring (bicyclic) bond motifs is 3. The SMILES string of the molecule is c1ccc(Nc2ccc(-c3cccc4c3[nH]c3ccccc34)cc2)cc1. The van der Waals surface area contributed by atoms with E-state index in [1.807, 2.05) is 18.2 Å². The molecule has 0 radical (unpaired) electrons. The number of rotatable bonds is 3. The van der Waals surface area contributed by atoms with Gasteiger partial charge in [-0.15, -0.1) is 0 Å². The standard InChI is InChI=1S/C24H18N2/c1-2-7-18(8-3-1)25-19-15-13-17(14-16-19)20-10-6-11-22-21-9-4-5-12-23(21)26-24(20)22/h1-16,25-26H. The highest BCUT2D eigenvalue weighted by Gasteiger charge is 2.09. The van der Waals surface area contributed by atoms with E-state index in [-0.39, 0.29) is 0 Å². The highest BCUT2D eigenvalue weighted by atomic mass is 14.9. The summed E-state index contributed by atoms with van der Waals surface area (Å²) in [6, 6.07) is 33.8. The molecular weight excluding hydrogens is 316 g/mol. The van der Waals surface area contributed by atoms with Crippen molar-refractivity contribution in [3.8, 4) is 11.1 Å². The molecular formula is C24H18N2. The first-order valence-corrected chi connectivity index (χ1v) is 8.80. The molecule has 0 aliphatic rings. The molecule has 2 nitrogen and oxygen atoms in total. The second-order valence-electron chi connectivity index (χ2n) is 6.47. The molecule has 5 rings (SSSR count). The van der Waals surface area contributed by atoms with Crippen molar-refractivity contribution >= 4 is 33.2 Å². The molecule has 4 aromatic carbocycles. The zero-order valence-electron chi connectivity index (χ0n) is 14.2. The van der Waals surface area contributed by atoms with E-state index in [0.717, 1.165) is 11.4 Å². The van der Waals surface area contributed by atoms with Crippen LogP contribution in [0, 0.1) is 0 Å². The summed E-state index contributed by atoms with van der Waals surface area (Å²) in [6.45, 7) is 0. The maximum atomic E-state index is 3.58. The molecule has 26 heavy (non-hydrogen) atoms. The van der Waals surface area contributed by atoms with Crippen molar-refractivity contribution in [2.24, 2.45) is 0 Å². The van der Waals surface area contributed by atoms with E-state index in [0.29, 0.717) is 0 Å². The fraction of sp³-hybridized carbons (Fsp3) is 0. The van der Waals surface area contributed by atoms with Gasteiger partial charge in [0.1, 0.15) is 0 Å². The first-order valence-electron chi connectivity index (χ1n) is 8.80. The molecule has 5 aromatic rings. The maximum absolute atomic E-state index is 3.58. The summed E-state index contributed by atoms with van der Waals surface area (Å²) in [5.74, 6) is 0. The minimum absolute atomic E-state index is 1.09. The molecule has 0 amide bonds. The number of benzene rings is 4. The van der Waals surface area contributed by atoms with E-state index in [2.05, 4.69) is 89.2 Å². The van der Waals surface area contributed by atoms with Gasteiger partial charge in [-0.2, -0.15) is 0 Å². The first-order chi connectivity index (χ1) is 12.9. The van der Waals surface area contributed by atoms with Crippen LogP contribution in [0.2, 0.25) is 0 Å². The third kappa shape index (κ3) is 2.52. The van der Waals surface area contributed by atoms with Crippen LogP contribution in [-0.2, 0) is 0 Å². The summed E-state index contributed by atoms with van der Waals surface area (Å²) in [5, 5.41) is 5.97. The largest absolute Gasteiger partial charge is 0.356 e. The first kappa shape index (κ1) is 14.8. The van der Waals surface area contributed by atoms with Gasteiger partial charge in [-0.3, -0.25) is 0 Å². The van der Waals surface area contributed by atoms with Crippen molar-refractivity contribution in [3.05, 3.63) is 97.1 Å². The van der Waals surface area contributed by atoms with Gasteiger partial charge in [-0.05, 0) is 35.9 Å². The molecule has 0 unspecified atom stereocenters. The van der Waals surface area contributed by atoms with Gasteiger partial charge in [-0.25, -0.2) is 0 Å². The Hall–Kier alpha value is -3.52. The summed E-state index contributed by atoms with van der Waals surface area (Å²) in [7, 11) is 0. The Balaban J connectivity index is 1.55.